The second-order valence-electron chi connectivity index (χ2n) is 4.19. The molecule has 0 saturated heterocycles. The van der Waals surface area contributed by atoms with Gasteiger partial charge in [-0.2, -0.15) is 13.2 Å². The number of hydrogen-bond acceptors (Lipinski definition) is 3. The molecule has 1 atom stereocenters. The Hall–Kier alpha value is -1.95. The zero-order valence-corrected chi connectivity index (χ0v) is 9.82. The number of aliphatic hydroxyl groups excluding tert-OH is 1. The number of benzene rings is 1. The first-order valence-electron chi connectivity index (χ1n) is 5.53. The minimum atomic E-state index is -4.46. The Morgan fingerprint density at radius 1 is 1.26 bits per heavy atom. The number of halogens is 3. The van der Waals surface area contributed by atoms with Crippen molar-refractivity contribution in [2.24, 2.45) is 0 Å². The summed E-state index contributed by atoms with van der Waals surface area (Å²) < 4.78 is 42.6. The lowest BCUT2D eigenvalue weighted by molar-refractivity contribution is -0.137. The first-order valence-corrected chi connectivity index (χ1v) is 5.53. The number of aliphatic hydroxyl groups is 1. The molecule has 1 aromatic heterocycles. The average molecular weight is 271 g/mol. The summed E-state index contributed by atoms with van der Waals surface area (Å²) in [6.45, 7) is 0. The number of anilines is 1. The maximum atomic E-state index is 12.6. The van der Waals surface area contributed by atoms with Crippen LogP contribution in [0.5, 0.6) is 0 Å². The zero-order chi connectivity index (χ0) is 14.0. The van der Waals surface area contributed by atoms with E-state index in [2.05, 4.69) is 0 Å². The van der Waals surface area contributed by atoms with Crippen LogP contribution in [0.4, 0.5) is 18.9 Å². The molecule has 0 bridgehead atoms. The maximum Gasteiger partial charge on any atom is 0.416 e. The summed E-state index contributed by atoms with van der Waals surface area (Å²) in [7, 11) is 0. The van der Waals surface area contributed by atoms with Crippen molar-refractivity contribution in [3.8, 4) is 0 Å². The van der Waals surface area contributed by atoms with Crippen molar-refractivity contribution in [2.45, 2.75) is 18.7 Å². The molecule has 19 heavy (non-hydrogen) atoms. The van der Waals surface area contributed by atoms with Crippen LogP contribution < -0.4 is 5.73 Å². The number of nitrogens with two attached hydrogens (primary N) is 1. The first kappa shape index (κ1) is 13.5. The molecule has 0 fully saturated rings. The van der Waals surface area contributed by atoms with Crippen LogP contribution in [0.3, 0.4) is 0 Å². The standard InChI is InChI=1S/C13H12F3NO2/c14-13(15,16)9-1-2-11(17)10(6-9)12(18)5-8-3-4-19-7-8/h1-4,6-7,12,18H,5,17H2. The van der Waals surface area contributed by atoms with Gasteiger partial charge in [-0.25, -0.2) is 0 Å². The molecule has 0 aliphatic carbocycles. The predicted octanol–water partition coefficient (Wildman–Crippen LogP) is 3.16. The third-order valence-electron chi connectivity index (χ3n) is 2.78. The Bertz CT molecular complexity index is 550. The molecule has 0 radical (unpaired) electrons. The number of nitrogen functional groups attached to an aromatic ring is 1. The lowest BCUT2D eigenvalue weighted by atomic mass is 9.99. The van der Waals surface area contributed by atoms with Crippen LogP contribution in [-0.2, 0) is 12.6 Å². The van der Waals surface area contributed by atoms with Crippen LogP contribution in [0.2, 0.25) is 0 Å². The molecule has 3 N–H and O–H groups in total. The molecule has 102 valence electrons. The van der Waals surface area contributed by atoms with Gasteiger partial charge in [-0.1, -0.05) is 0 Å². The van der Waals surface area contributed by atoms with Gasteiger partial charge in [-0.05, 0) is 29.8 Å². The maximum absolute atomic E-state index is 12.6. The summed E-state index contributed by atoms with van der Waals surface area (Å²) in [5, 5.41) is 9.97. The van der Waals surface area contributed by atoms with E-state index >= 15 is 0 Å². The van der Waals surface area contributed by atoms with Gasteiger partial charge in [0.2, 0.25) is 0 Å². The van der Waals surface area contributed by atoms with E-state index in [0.29, 0.717) is 5.56 Å². The van der Waals surface area contributed by atoms with E-state index in [1.807, 2.05) is 0 Å². The van der Waals surface area contributed by atoms with Crippen molar-refractivity contribution in [3.05, 3.63) is 53.5 Å². The number of furan rings is 1. The fraction of sp³-hybridized carbons (Fsp3) is 0.231. The molecule has 0 saturated carbocycles. The molecular weight excluding hydrogens is 259 g/mol. The van der Waals surface area contributed by atoms with Crippen LogP contribution in [0.1, 0.15) is 22.8 Å². The third kappa shape index (κ3) is 3.08. The SMILES string of the molecule is Nc1ccc(C(F)(F)F)cc1C(O)Cc1ccoc1. The Morgan fingerprint density at radius 3 is 2.58 bits per heavy atom. The van der Waals surface area contributed by atoms with Crippen LogP contribution in [0, 0.1) is 0 Å². The highest BCUT2D eigenvalue weighted by Gasteiger charge is 2.31. The lowest BCUT2D eigenvalue weighted by Crippen LogP contribution is -2.10. The summed E-state index contributed by atoms with van der Waals surface area (Å²) >= 11 is 0. The molecule has 0 aliphatic heterocycles. The van der Waals surface area contributed by atoms with E-state index < -0.39 is 17.8 Å². The van der Waals surface area contributed by atoms with Gasteiger partial charge in [0, 0.05) is 17.7 Å². The number of alkyl halides is 3. The van der Waals surface area contributed by atoms with E-state index in [0.717, 1.165) is 18.2 Å². The topological polar surface area (TPSA) is 59.4 Å². The van der Waals surface area contributed by atoms with Gasteiger partial charge < -0.3 is 15.3 Å². The van der Waals surface area contributed by atoms with Gasteiger partial charge in [0.05, 0.1) is 24.2 Å². The first-order chi connectivity index (χ1) is 8.88. The van der Waals surface area contributed by atoms with Gasteiger partial charge in [-0.3, -0.25) is 0 Å². The Kier molecular flexibility index (Phi) is 3.53. The van der Waals surface area contributed by atoms with Crippen LogP contribution in [0.25, 0.3) is 0 Å². The van der Waals surface area contributed by atoms with Gasteiger partial charge >= 0.3 is 6.18 Å². The van der Waals surface area contributed by atoms with Crippen LogP contribution >= 0.6 is 0 Å². The molecule has 0 amide bonds. The van der Waals surface area contributed by atoms with Crippen LogP contribution in [0.15, 0.2) is 41.2 Å². The second-order valence-corrected chi connectivity index (χ2v) is 4.19. The van der Waals surface area contributed by atoms with Gasteiger partial charge in [0.15, 0.2) is 0 Å². The van der Waals surface area contributed by atoms with E-state index in [1.54, 1.807) is 6.07 Å². The largest absolute Gasteiger partial charge is 0.472 e. The predicted molar refractivity (Wildman–Crippen MR) is 63.2 cm³/mol. The van der Waals surface area contributed by atoms with Gasteiger partial charge in [0.25, 0.3) is 0 Å². The zero-order valence-electron chi connectivity index (χ0n) is 9.82. The van der Waals surface area contributed by atoms with E-state index in [-0.39, 0.29) is 17.7 Å². The van der Waals surface area contributed by atoms with Crippen molar-refractivity contribution < 1.29 is 22.7 Å². The molecular formula is C13H12F3NO2. The smallest absolute Gasteiger partial charge is 0.416 e. The summed E-state index contributed by atoms with van der Waals surface area (Å²) in [6.07, 6.45) is -2.58. The van der Waals surface area contributed by atoms with Crippen molar-refractivity contribution in [2.75, 3.05) is 5.73 Å². The molecule has 3 nitrogen and oxygen atoms in total. The van der Waals surface area contributed by atoms with Gasteiger partial charge in [0.1, 0.15) is 0 Å². The molecule has 2 rings (SSSR count). The van der Waals surface area contributed by atoms with Crippen molar-refractivity contribution in [1.29, 1.82) is 0 Å². The molecule has 0 spiro atoms. The highest BCUT2D eigenvalue weighted by Crippen LogP contribution is 2.33. The Balaban J connectivity index is 2.28. The van der Waals surface area contributed by atoms with Crippen molar-refractivity contribution in [3.63, 3.8) is 0 Å². The third-order valence-corrected chi connectivity index (χ3v) is 2.78. The normalized spacial score (nSPS) is 13.5. The molecule has 0 aliphatic rings. The molecule has 6 heteroatoms. The number of rotatable bonds is 3. The highest BCUT2D eigenvalue weighted by molar-refractivity contribution is 5.50. The fourth-order valence-electron chi connectivity index (χ4n) is 1.78. The number of hydrogen-bond donors (Lipinski definition) is 2. The van der Waals surface area contributed by atoms with Crippen LogP contribution in [-0.4, -0.2) is 5.11 Å². The summed E-state index contributed by atoms with van der Waals surface area (Å²) in [5.41, 5.74) is 5.66. The molecule has 2 aromatic rings. The monoisotopic (exact) mass is 271 g/mol. The fourth-order valence-corrected chi connectivity index (χ4v) is 1.78. The van der Waals surface area contributed by atoms with E-state index in [4.69, 9.17) is 10.2 Å². The minimum absolute atomic E-state index is 0.0658. The molecule has 1 unspecified atom stereocenters. The summed E-state index contributed by atoms with van der Waals surface area (Å²) in [4.78, 5) is 0. The van der Waals surface area contributed by atoms with Crippen molar-refractivity contribution in [1.82, 2.24) is 0 Å². The highest BCUT2D eigenvalue weighted by atomic mass is 19.4. The lowest BCUT2D eigenvalue weighted by Gasteiger charge is -2.15. The average Bonchev–Trinajstić information content (AvgIpc) is 2.80. The summed E-state index contributed by atoms with van der Waals surface area (Å²) in [5.74, 6) is 0. The second kappa shape index (κ2) is 4.97. The minimum Gasteiger partial charge on any atom is -0.472 e. The Labute approximate surface area is 107 Å². The van der Waals surface area contributed by atoms with E-state index in [1.165, 1.54) is 12.5 Å². The van der Waals surface area contributed by atoms with Gasteiger partial charge in [-0.15, -0.1) is 0 Å². The van der Waals surface area contributed by atoms with E-state index in [9.17, 15) is 18.3 Å². The molecule has 1 heterocycles. The van der Waals surface area contributed by atoms with Crippen molar-refractivity contribution >= 4 is 5.69 Å². The Morgan fingerprint density at radius 2 is 2.00 bits per heavy atom. The summed E-state index contributed by atoms with van der Waals surface area (Å²) in [6, 6.07) is 4.55. The molecule has 1 aromatic carbocycles. The quantitative estimate of drug-likeness (QED) is 0.843.